The van der Waals surface area contributed by atoms with Gasteiger partial charge < -0.3 is 14.6 Å². The molecule has 0 fully saturated rings. The number of aliphatic hydroxyl groups excluding tert-OH is 1. The number of cyclic esters (lactones) is 2. The van der Waals surface area contributed by atoms with Crippen molar-refractivity contribution in [3.8, 4) is 5.75 Å². The Kier molecular flexibility index (Phi) is 4.93. The summed E-state index contributed by atoms with van der Waals surface area (Å²) in [5.74, 6) is -6.12. The van der Waals surface area contributed by atoms with Crippen LogP contribution in [0.2, 0.25) is 0 Å². The molecule has 1 aliphatic heterocycles. The summed E-state index contributed by atoms with van der Waals surface area (Å²) in [4.78, 5) is 46.7. The average molecular weight is 330 g/mol. The number of Topliss-reactive ketones (excluding diaryl/α,β-unsaturated/α-hetero) is 1. The maximum Gasteiger partial charge on any atom is 0.352 e. The van der Waals surface area contributed by atoms with Crippen LogP contribution in [0.15, 0.2) is 41.7 Å². The number of allylic oxidation sites excluding steroid dienone is 1. The van der Waals surface area contributed by atoms with Gasteiger partial charge in [-0.25, -0.2) is 4.79 Å². The Balaban J connectivity index is 2.30. The highest BCUT2D eigenvalue weighted by molar-refractivity contribution is 6.24. The van der Waals surface area contributed by atoms with Crippen LogP contribution in [0.5, 0.6) is 5.75 Å². The highest BCUT2D eigenvalue weighted by Crippen LogP contribution is 2.24. The number of hydrogen-bond donors (Lipinski definition) is 1. The van der Waals surface area contributed by atoms with Crippen molar-refractivity contribution in [2.24, 2.45) is 5.92 Å². The van der Waals surface area contributed by atoms with E-state index in [0.717, 1.165) is 13.0 Å². The highest BCUT2D eigenvalue weighted by Gasteiger charge is 2.42. The summed E-state index contributed by atoms with van der Waals surface area (Å²) < 4.78 is 9.41. The number of aliphatic hydroxyl groups is 1. The van der Waals surface area contributed by atoms with Gasteiger partial charge in [-0.05, 0) is 30.7 Å². The van der Waals surface area contributed by atoms with Gasteiger partial charge in [0.05, 0.1) is 7.11 Å². The Labute approximate surface area is 137 Å². The van der Waals surface area contributed by atoms with Crippen molar-refractivity contribution in [1.29, 1.82) is 0 Å². The van der Waals surface area contributed by atoms with Crippen LogP contribution in [0.4, 0.5) is 0 Å². The normalized spacial score (nSPS) is 17.8. The molecule has 1 N–H and O–H groups in total. The van der Waals surface area contributed by atoms with Gasteiger partial charge in [0, 0.05) is 0 Å². The molecule has 0 saturated heterocycles. The third-order valence-corrected chi connectivity index (χ3v) is 3.33. The van der Waals surface area contributed by atoms with E-state index in [-0.39, 0.29) is 0 Å². The van der Waals surface area contributed by atoms with Crippen LogP contribution in [0.3, 0.4) is 0 Å². The number of ether oxygens (including phenoxy) is 2. The Bertz CT molecular complexity index is 786. The van der Waals surface area contributed by atoms with Gasteiger partial charge in [-0.1, -0.05) is 18.2 Å². The van der Waals surface area contributed by atoms with E-state index in [9.17, 15) is 24.3 Å². The fraction of sp³-hybridized carbons (Fsp3) is 0.176. The molecule has 0 aromatic heterocycles. The fourth-order valence-electron chi connectivity index (χ4n) is 2.16. The SMILES string of the molecule is COc1cccc(C=CC(=O)C2C(=O)OC(=O)C(C(C)=O)=C2O)c1. The third-order valence-electron chi connectivity index (χ3n) is 3.33. The lowest BCUT2D eigenvalue weighted by molar-refractivity contribution is -0.162. The quantitative estimate of drug-likeness (QED) is 0.376. The largest absolute Gasteiger partial charge is 0.510 e. The van der Waals surface area contributed by atoms with Gasteiger partial charge in [0.25, 0.3) is 0 Å². The zero-order valence-electron chi connectivity index (χ0n) is 12.9. The van der Waals surface area contributed by atoms with Crippen molar-refractivity contribution < 1.29 is 33.8 Å². The van der Waals surface area contributed by atoms with Crippen molar-refractivity contribution in [1.82, 2.24) is 0 Å². The van der Waals surface area contributed by atoms with Crippen LogP contribution in [0.1, 0.15) is 12.5 Å². The maximum atomic E-state index is 12.2. The zero-order valence-corrected chi connectivity index (χ0v) is 12.9. The molecule has 0 saturated carbocycles. The molecule has 2 rings (SSSR count). The lowest BCUT2D eigenvalue weighted by atomic mass is 9.93. The third kappa shape index (κ3) is 3.40. The van der Waals surface area contributed by atoms with Crippen LogP contribution in [0.25, 0.3) is 6.08 Å². The van der Waals surface area contributed by atoms with Gasteiger partial charge in [-0.15, -0.1) is 0 Å². The minimum atomic E-state index is -1.73. The summed E-state index contributed by atoms with van der Waals surface area (Å²) in [7, 11) is 1.50. The first-order chi connectivity index (χ1) is 11.3. The van der Waals surface area contributed by atoms with E-state index in [1.807, 2.05) is 0 Å². The van der Waals surface area contributed by atoms with Crippen LogP contribution < -0.4 is 4.74 Å². The van der Waals surface area contributed by atoms with E-state index in [4.69, 9.17) is 4.74 Å². The van der Waals surface area contributed by atoms with E-state index in [1.54, 1.807) is 24.3 Å². The molecular weight excluding hydrogens is 316 g/mol. The van der Waals surface area contributed by atoms with E-state index in [2.05, 4.69) is 4.74 Å². The summed E-state index contributed by atoms with van der Waals surface area (Å²) in [6.07, 6.45) is 2.47. The molecule has 1 aliphatic rings. The number of esters is 2. The van der Waals surface area contributed by atoms with E-state index < -0.39 is 40.8 Å². The molecule has 0 bridgehead atoms. The van der Waals surface area contributed by atoms with Crippen molar-refractivity contribution in [3.63, 3.8) is 0 Å². The standard InChI is InChI=1S/C17H14O7/c1-9(18)13-15(20)14(17(22)24-16(13)21)12(19)7-6-10-4-3-5-11(8-10)23-2/h3-8,14,20H,1-2H3. The minimum Gasteiger partial charge on any atom is -0.510 e. The Morgan fingerprint density at radius 1 is 1.29 bits per heavy atom. The van der Waals surface area contributed by atoms with Gasteiger partial charge >= 0.3 is 11.9 Å². The second-order valence-corrected chi connectivity index (χ2v) is 4.97. The molecule has 0 spiro atoms. The van der Waals surface area contributed by atoms with Gasteiger partial charge in [0.2, 0.25) is 0 Å². The number of benzene rings is 1. The monoisotopic (exact) mass is 330 g/mol. The molecule has 24 heavy (non-hydrogen) atoms. The van der Waals surface area contributed by atoms with Crippen molar-refractivity contribution in [2.45, 2.75) is 6.92 Å². The molecule has 124 valence electrons. The van der Waals surface area contributed by atoms with Crippen molar-refractivity contribution >= 4 is 29.6 Å². The second-order valence-electron chi connectivity index (χ2n) is 4.97. The van der Waals surface area contributed by atoms with E-state index in [1.165, 1.54) is 13.2 Å². The first kappa shape index (κ1) is 17.1. The molecule has 1 unspecified atom stereocenters. The van der Waals surface area contributed by atoms with E-state index >= 15 is 0 Å². The fourth-order valence-corrected chi connectivity index (χ4v) is 2.16. The minimum absolute atomic E-state index is 0.578. The lowest BCUT2D eigenvalue weighted by Crippen LogP contribution is -2.37. The van der Waals surface area contributed by atoms with E-state index in [0.29, 0.717) is 11.3 Å². The number of hydrogen-bond acceptors (Lipinski definition) is 7. The lowest BCUT2D eigenvalue weighted by Gasteiger charge is -2.19. The van der Waals surface area contributed by atoms with Gasteiger partial charge in [-0.3, -0.25) is 14.4 Å². The molecule has 7 heteroatoms. The topological polar surface area (TPSA) is 107 Å². The Morgan fingerprint density at radius 2 is 2.00 bits per heavy atom. The van der Waals surface area contributed by atoms with Crippen LogP contribution in [0, 0.1) is 5.92 Å². The summed E-state index contributed by atoms with van der Waals surface area (Å²) in [6.45, 7) is 1.02. The van der Waals surface area contributed by atoms with Gasteiger partial charge in [0.15, 0.2) is 17.5 Å². The van der Waals surface area contributed by atoms with Crippen molar-refractivity contribution in [2.75, 3.05) is 7.11 Å². The number of carbonyl (C=O) groups is 4. The number of rotatable bonds is 5. The number of carbonyl (C=O) groups excluding carboxylic acids is 4. The number of methoxy groups -OCH3 is 1. The predicted molar refractivity (Wildman–Crippen MR) is 82.0 cm³/mol. The highest BCUT2D eigenvalue weighted by atomic mass is 16.6. The average Bonchev–Trinajstić information content (AvgIpc) is 2.52. The summed E-state index contributed by atoms with van der Waals surface area (Å²) in [6, 6.07) is 6.79. The molecule has 1 aromatic carbocycles. The molecule has 7 nitrogen and oxygen atoms in total. The zero-order chi connectivity index (χ0) is 17.9. The molecular formula is C17H14O7. The van der Waals surface area contributed by atoms with Crippen LogP contribution in [-0.4, -0.2) is 35.7 Å². The predicted octanol–water partition coefficient (Wildman–Crippen LogP) is 1.38. The smallest absolute Gasteiger partial charge is 0.352 e. The first-order valence-corrected chi connectivity index (χ1v) is 6.91. The summed E-state index contributed by atoms with van der Waals surface area (Å²) >= 11 is 0. The van der Waals surface area contributed by atoms with Gasteiger partial charge in [0.1, 0.15) is 17.1 Å². The van der Waals surface area contributed by atoms with Crippen LogP contribution in [-0.2, 0) is 23.9 Å². The van der Waals surface area contributed by atoms with Crippen LogP contribution >= 0.6 is 0 Å². The maximum absolute atomic E-state index is 12.2. The molecule has 1 heterocycles. The molecule has 0 aliphatic carbocycles. The first-order valence-electron chi connectivity index (χ1n) is 6.91. The summed E-state index contributed by atoms with van der Waals surface area (Å²) in [5, 5.41) is 9.95. The van der Waals surface area contributed by atoms with Crippen molar-refractivity contribution in [3.05, 3.63) is 47.2 Å². The number of ketones is 2. The molecule has 1 atom stereocenters. The molecule has 0 radical (unpaired) electrons. The molecule has 1 aromatic rings. The Morgan fingerprint density at radius 3 is 2.62 bits per heavy atom. The van der Waals surface area contributed by atoms with Gasteiger partial charge in [-0.2, -0.15) is 0 Å². The second kappa shape index (κ2) is 6.91. The summed E-state index contributed by atoms with van der Waals surface area (Å²) in [5.41, 5.74) is -0.0686. The molecule has 0 amide bonds. The Hall–Kier alpha value is -3.22.